The Morgan fingerprint density at radius 2 is 1.48 bits per heavy atom. The fraction of sp³-hybridized carbons (Fsp3) is 0.667. The summed E-state index contributed by atoms with van der Waals surface area (Å²) in [5, 5.41) is 11.3. The Labute approximate surface area is 284 Å². The predicted molar refractivity (Wildman–Crippen MR) is 181 cm³/mol. The van der Waals surface area contributed by atoms with Crippen molar-refractivity contribution in [3.63, 3.8) is 0 Å². The zero-order valence-corrected chi connectivity index (χ0v) is 29.6. The maximum absolute atomic E-state index is 14.3. The number of likely N-dealkylation sites (tertiary alicyclic amines) is 1. The number of nitrogens with two attached hydrogens (primary N) is 1. The number of fused-ring (bicyclic) bond motifs is 1. The van der Waals surface area contributed by atoms with E-state index >= 15 is 0 Å². The van der Waals surface area contributed by atoms with Gasteiger partial charge in [-0.3, -0.25) is 24.0 Å². The second-order valence-corrected chi connectivity index (χ2v) is 16.6. The highest BCUT2D eigenvalue weighted by Gasteiger charge is 2.70. The quantitative estimate of drug-likeness (QED) is 0.214. The highest BCUT2D eigenvalue weighted by atomic mass is 16.2. The molecule has 0 unspecified atom stereocenters. The number of nitrogens with zero attached hydrogens (tertiary/aromatic N) is 1. The summed E-state index contributed by atoms with van der Waals surface area (Å²) in [7, 11) is 0. The van der Waals surface area contributed by atoms with Gasteiger partial charge in [0.05, 0.1) is 6.04 Å². The number of amides is 6. The van der Waals surface area contributed by atoms with Gasteiger partial charge in [-0.05, 0) is 46.0 Å². The zero-order chi connectivity index (χ0) is 35.8. The Morgan fingerprint density at radius 1 is 0.896 bits per heavy atom. The van der Waals surface area contributed by atoms with Crippen LogP contribution in [0.3, 0.4) is 0 Å². The van der Waals surface area contributed by atoms with E-state index in [0.717, 1.165) is 24.8 Å². The molecule has 3 aliphatic rings. The first-order valence-corrected chi connectivity index (χ1v) is 17.1. The molecular formula is C36H54N6O6. The fourth-order valence-corrected chi connectivity index (χ4v) is 7.22. The number of carbonyl (C=O) groups excluding carboxylic acids is 6. The average molecular weight is 667 g/mol. The fourth-order valence-electron chi connectivity index (χ4n) is 7.22. The third-order valence-electron chi connectivity index (χ3n) is 10.5. The molecule has 12 nitrogen and oxygen atoms in total. The topological polar surface area (TPSA) is 180 Å². The lowest BCUT2D eigenvalue weighted by Crippen LogP contribution is -2.63. The number of benzene rings is 1. The van der Waals surface area contributed by atoms with Crippen molar-refractivity contribution in [2.75, 3.05) is 6.54 Å². The number of hydrogen-bond donors (Lipinski definition) is 5. The van der Waals surface area contributed by atoms with Crippen LogP contribution in [-0.4, -0.2) is 71.1 Å². The molecule has 0 spiro atoms. The number of urea groups is 1. The van der Waals surface area contributed by atoms with Gasteiger partial charge in [0.2, 0.25) is 23.5 Å². The summed E-state index contributed by atoms with van der Waals surface area (Å²) in [6, 6.07) is 4.87. The Bertz CT molecular complexity index is 1410. The first-order chi connectivity index (χ1) is 22.2. The van der Waals surface area contributed by atoms with Crippen LogP contribution in [-0.2, 0) is 30.5 Å². The van der Waals surface area contributed by atoms with E-state index in [9.17, 15) is 28.8 Å². The summed E-state index contributed by atoms with van der Waals surface area (Å²) in [4.78, 5) is 81.2. The lowest BCUT2D eigenvalue weighted by atomic mass is 9.80. The summed E-state index contributed by atoms with van der Waals surface area (Å²) in [5.41, 5.74) is 4.64. The normalized spacial score (nSPS) is 23.4. The van der Waals surface area contributed by atoms with Crippen LogP contribution in [0.1, 0.15) is 86.6 Å². The molecule has 1 aromatic rings. The number of rotatable bonds is 12. The second kappa shape index (κ2) is 13.9. The lowest BCUT2D eigenvalue weighted by molar-refractivity contribution is -0.145. The van der Waals surface area contributed by atoms with Crippen LogP contribution < -0.4 is 27.0 Å². The van der Waals surface area contributed by atoms with E-state index in [2.05, 4.69) is 21.3 Å². The average Bonchev–Trinajstić information content (AvgIpc) is 3.28. The summed E-state index contributed by atoms with van der Waals surface area (Å²) >= 11 is 0. The van der Waals surface area contributed by atoms with Gasteiger partial charge in [-0.1, -0.05) is 105 Å². The minimum atomic E-state index is -1.10. The van der Waals surface area contributed by atoms with E-state index in [1.807, 2.05) is 85.7 Å². The molecule has 4 rings (SSSR count). The van der Waals surface area contributed by atoms with Gasteiger partial charge in [0.25, 0.3) is 5.91 Å². The first-order valence-electron chi connectivity index (χ1n) is 17.1. The van der Waals surface area contributed by atoms with Crippen molar-refractivity contribution < 1.29 is 28.8 Å². The molecule has 1 aliphatic heterocycles. The van der Waals surface area contributed by atoms with Crippen LogP contribution in [0.15, 0.2) is 30.3 Å². The number of hydrogen-bond acceptors (Lipinski definition) is 6. The molecular weight excluding hydrogens is 612 g/mol. The van der Waals surface area contributed by atoms with Gasteiger partial charge in [0, 0.05) is 13.1 Å². The third-order valence-corrected chi connectivity index (χ3v) is 10.5. The standard InChI is InChI=1S/C36H54N6O6/c1-34(2,3)27(31(46)38-18-21-13-10-9-11-14-21)40-33(48)41-28(35(4,5)6)32(47)42-19-22-24(36(22,7)8)25(42)30(45)39-23(26(43)29(37)44)17-20-15-12-16-20/h9-11,13-14,20,22-25,27-28H,12,15-19H2,1-8H3,(H2,37,44)(H,38,46)(H,39,45)(H2,40,41,48)/t22-,23-,24-,25-,27+,28+/m0/s1. The Morgan fingerprint density at radius 3 is 2.00 bits per heavy atom. The van der Waals surface area contributed by atoms with Gasteiger partial charge in [0.15, 0.2) is 0 Å². The Kier molecular flexibility index (Phi) is 10.7. The van der Waals surface area contributed by atoms with E-state index in [1.165, 1.54) is 4.90 Å². The van der Waals surface area contributed by atoms with E-state index in [1.54, 1.807) is 0 Å². The first kappa shape index (κ1) is 36.9. The van der Waals surface area contributed by atoms with Gasteiger partial charge in [-0.2, -0.15) is 0 Å². The van der Waals surface area contributed by atoms with E-state index < -0.39 is 64.5 Å². The zero-order valence-electron chi connectivity index (χ0n) is 29.6. The van der Waals surface area contributed by atoms with Crippen molar-refractivity contribution in [1.82, 2.24) is 26.2 Å². The van der Waals surface area contributed by atoms with Crippen LogP contribution in [0.5, 0.6) is 0 Å². The minimum Gasteiger partial charge on any atom is -0.363 e. The maximum Gasteiger partial charge on any atom is 0.316 e. The number of nitrogens with one attached hydrogen (secondary N) is 4. The van der Waals surface area contributed by atoms with Crippen LogP contribution in [0.4, 0.5) is 4.79 Å². The number of piperidine rings is 1. The van der Waals surface area contributed by atoms with Gasteiger partial charge in [-0.15, -0.1) is 0 Å². The highest BCUT2D eigenvalue weighted by Crippen LogP contribution is 2.65. The van der Waals surface area contributed by atoms with Crippen molar-refractivity contribution in [1.29, 1.82) is 0 Å². The lowest BCUT2D eigenvalue weighted by Gasteiger charge is -2.38. The van der Waals surface area contributed by atoms with E-state index in [4.69, 9.17) is 5.73 Å². The molecule has 6 amide bonds. The van der Waals surface area contributed by atoms with E-state index in [0.29, 0.717) is 19.5 Å². The number of Topliss-reactive ketones (excluding diaryl/α,β-unsaturated/α-hetero) is 1. The van der Waals surface area contributed by atoms with E-state index in [-0.39, 0.29) is 29.1 Å². The van der Waals surface area contributed by atoms with Crippen molar-refractivity contribution >= 4 is 35.4 Å². The minimum absolute atomic E-state index is 0.0575. The van der Waals surface area contributed by atoms with Crippen LogP contribution >= 0.6 is 0 Å². The van der Waals surface area contributed by atoms with Gasteiger partial charge >= 0.3 is 6.03 Å². The SMILES string of the molecule is CC(C)(C)[C@H](NC(=O)N[C@H](C(=O)N1C[C@H]2[C@@H]([C@H]1C(=O)N[C@@H](CC1CCC1)C(=O)C(N)=O)C2(C)C)C(C)(C)C)C(=O)NCc1ccccc1. The maximum atomic E-state index is 14.3. The molecule has 1 saturated heterocycles. The molecule has 48 heavy (non-hydrogen) atoms. The summed E-state index contributed by atoms with van der Waals surface area (Å²) < 4.78 is 0. The van der Waals surface area contributed by atoms with Crippen LogP contribution in [0.2, 0.25) is 0 Å². The summed E-state index contributed by atoms with van der Waals surface area (Å²) in [5.74, 6) is -3.11. The summed E-state index contributed by atoms with van der Waals surface area (Å²) in [6.45, 7) is 15.7. The molecule has 264 valence electrons. The second-order valence-electron chi connectivity index (χ2n) is 16.6. The van der Waals surface area contributed by atoms with Crippen LogP contribution in [0, 0.1) is 34.0 Å². The van der Waals surface area contributed by atoms with Crippen molar-refractivity contribution in [3.8, 4) is 0 Å². The monoisotopic (exact) mass is 666 g/mol. The molecule has 1 heterocycles. The number of ketones is 1. The molecule has 6 N–H and O–H groups in total. The molecule has 3 fully saturated rings. The molecule has 1 aromatic carbocycles. The Balaban J connectivity index is 1.50. The number of primary amides is 1. The molecule has 0 aromatic heterocycles. The third kappa shape index (κ3) is 8.18. The molecule has 0 radical (unpaired) electrons. The molecule has 2 saturated carbocycles. The van der Waals surface area contributed by atoms with Crippen molar-refractivity contribution in [3.05, 3.63) is 35.9 Å². The van der Waals surface area contributed by atoms with Crippen molar-refractivity contribution in [2.45, 2.75) is 112 Å². The molecule has 2 aliphatic carbocycles. The predicted octanol–water partition coefficient (Wildman–Crippen LogP) is 2.64. The van der Waals surface area contributed by atoms with Gasteiger partial charge in [0.1, 0.15) is 18.1 Å². The summed E-state index contributed by atoms with van der Waals surface area (Å²) in [6.07, 6.45) is 3.18. The molecule has 6 atom stereocenters. The highest BCUT2D eigenvalue weighted by molar-refractivity contribution is 6.37. The van der Waals surface area contributed by atoms with Gasteiger partial charge in [-0.25, -0.2) is 4.79 Å². The molecule has 0 bridgehead atoms. The van der Waals surface area contributed by atoms with Crippen molar-refractivity contribution in [2.24, 2.45) is 39.7 Å². The molecule has 12 heteroatoms. The Hall–Kier alpha value is -3.96. The number of carbonyl (C=O) groups is 6. The largest absolute Gasteiger partial charge is 0.363 e. The van der Waals surface area contributed by atoms with Gasteiger partial charge < -0.3 is 31.9 Å². The smallest absolute Gasteiger partial charge is 0.316 e. The van der Waals surface area contributed by atoms with Crippen LogP contribution in [0.25, 0.3) is 0 Å².